The molecule has 0 aliphatic carbocycles. The number of nitrogens with zero attached hydrogens (tertiary/aromatic N) is 4. The van der Waals surface area contributed by atoms with E-state index in [0.29, 0.717) is 22.2 Å². The SMILES string of the molecule is CC(Nc1nccc(-n2cc(Br)nc2-c2ccc(F)cc2)n1)c1ccccc1. The molecule has 0 bridgehead atoms. The van der Waals surface area contributed by atoms with E-state index < -0.39 is 0 Å². The van der Waals surface area contributed by atoms with Crippen LogP contribution >= 0.6 is 15.9 Å². The summed E-state index contributed by atoms with van der Waals surface area (Å²) in [4.78, 5) is 13.5. The minimum Gasteiger partial charge on any atom is -0.348 e. The van der Waals surface area contributed by atoms with Crippen LogP contribution < -0.4 is 5.32 Å². The predicted octanol–water partition coefficient (Wildman–Crippen LogP) is 5.40. The second-order valence-corrected chi connectivity index (χ2v) is 7.09. The highest BCUT2D eigenvalue weighted by Crippen LogP contribution is 2.25. The van der Waals surface area contributed by atoms with Crippen LogP contribution in [0.2, 0.25) is 0 Å². The molecule has 0 saturated carbocycles. The number of halogens is 2. The van der Waals surface area contributed by atoms with Crippen molar-refractivity contribution in [1.82, 2.24) is 19.5 Å². The Morgan fingerprint density at radius 2 is 1.75 bits per heavy atom. The molecule has 0 aliphatic rings. The number of hydrogen-bond acceptors (Lipinski definition) is 4. The van der Waals surface area contributed by atoms with Gasteiger partial charge >= 0.3 is 0 Å². The summed E-state index contributed by atoms with van der Waals surface area (Å²) in [6.45, 7) is 2.06. The fourth-order valence-corrected chi connectivity index (χ4v) is 3.27. The summed E-state index contributed by atoms with van der Waals surface area (Å²) >= 11 is 3.42. The van der Waals surface area contributed by atoms with E-state index in [1.54, 1.807) is 24.4 Å². The van der Waals surface area contributed by atoms with Crippen LogP contribution in [0, 0.1) is 5.82 Å². The third-order valence-corrected chi connectivity index (χ3v) is 4.69. The Balaban J connectivity index is 1.66. The van der Waals surface area contributed by atoms with E-state index in [0.717, 1.165) is 11.1 Å². The lowest BCUT2D eigenvalue weighted by Gasteiger charge is -2.15. The van der Waals surface area contributed by atoms with E-state index >= 15 is 0 Å². The van der Waals surface area contributed by atoms with Crippen LogP contribution in [-0.4, -0.2) is 19.5 Å². The molecular weight excluding hydrogens is 421 g/mol. The number of nitrogens with one attached hydrogen (secondary N) is 1. The molecule has 7 heteroatoms. The minimum atomic E-state index is -0.288. The molecule has 0 aliphatic heterocycles. The molecule has 2 heterocycles. The van der Waals surface area contributed by atoms with Crippen LogP contribution in [0.4, 0.5) is 10.3 Å². The van der Waals surface area contributed by atoms with Gasteiger partial charge in [-0.3, -0.25) is 4.57 Å². The molecule has 0 saturated heterocycles. The second kappa shape index (κ2) is 7.90. The van der Waals surface area contributed by atoms with Crippen molar-refractivity contribution >= 4 is 21.9 Å². The highest BCUT2D eigenvalue weighted by Gasteiger charge is 2.13. The van der Waals surface area contributed by atoms with Gasteiger partial charge in [-0.2, -0.15) is 4.98 Å². The molecule has 1 unspecified atom stereocenters. The van der Waals surface area contributed by atoms with Crippen molar-refractivity contribution in [2.45, 2.75) is 13.0 Å². The molecule has 4 rings (SSSR count). The quantitative estimate of drug-likeness (QED) is 0.453. The molecular formula is C21H17BrFN5. The van der Waals surface area contributed by atoms with Gasteiger partial charge in [0.05, 0.1) is 6.04 Å². The molecule has 5 nitrogen and oxygen atoms in total. The van der Waals surface area contributed by atoms with Crippen LogP contribution in [0.25, 0.3) is 17.2 Å². The lowest BCUT2D eigenvalue weighted by Crippen LogP contribution is -2.10. The molecule has 0 fully saturated rings. The fourth-order valence-electron chi connectivity index (χ4n) is 2.90. The molecule has 1 N–H and O–H groups in total. The van der Waals surface area contributed by atoms with E-state index in [9.17, 15) is 4.39 Å². The predicted molar refractivity (Wildman–Crippen MR) is 111 cm³/mol. The summed E-state index contributed by atoms with van der Waals surface area (Å²) < 4.78 is 15.8. The normalized spacial score (nSPS) is 12.0. The van der Waals surface area contributed by atoms with E-state index in [2.05, 4.69) is 55.3 Å². The van der Waals surface area contributed by atoms with Crippen molar-refractivity contribution in [3.05, 3.63) is 89.0 Å². The van der Waals surface area contributed by atoms with E-state index in [1.807, 2.05) is 29.0 Å². The summed E-state index contributed by atoms with van der Waals surface area (Å²) in [7, 11) is 0. The first-order chi connectivity index (χ1) is 13.6. The average Bonchev–Trinajstić information content (AvgIpc) is 3.11. The first-order valence-corrected chi connectivity index (χ1v) is 9.55. The Morgan fingerprint density at radius 3 is 2.50 bits per heavy atom. The second-order valence-electron chi connectivity index (χ2n) is 6.28. The maximum absolute atomic E-state index is 13.3. The van der Waals surface area contributed by atoms with Crippen LogP contribution in [0.3, 0.4) is 0 Å². The molecule has 1 atom stereocenters. The first-order valence-electron chi connectivity index (χ1n) is 8.76. The van der Waals surface area contributed by atoms with Crippen LogP contribution in [0.5, 0.6) is 0 Å². The topological polar surface area (TPSA) is 55.6 Å². The lowest BCUT2D eigenvalue weighted by molar-refractivity contribution is 0.628. The Hall–Kier alpha value is -3.06. The number of anilines is 1. The third kappa shape index (κ3) is 3.94. The first kappa shape index (κ1) is 18.3. The van der Waals surface area contributed by atoms with Crippen molar-refractivity contribution in [2.75, 3.05) is 5.32 Å². The van der Waals surface area contributed by atoms with Gasteiger partial charge in [0.1, 0.15) is 22.1 Å². The third-order valence-electron chi connectivity index (χ3n) is 4.31. The maximum Gasteiger partial charge on any atom is 0.225 e. The number of hydrogen-bond donors (Lipinski definition) is 1. The van der Waals surface area contributed by atoms with Gasteiger partial charge in [-0.1, -0.05) is 30.3 Å². The highest BCUT2D eigenvalue weighted by atomic mass is 79.9. The van der Waals surface area contributed by atoms with Gasteiger partial charge in [-0.15, -0.1) is 0 Å². The molecule has 28 heavy (non-hydrogen) atoms. The standard InChI is InChI=1S/C21H17BrFN5/c1-14(15-5-3-2-4-6-15)25-21-24-12-11-19(27-21)28-13-18(22)26-20(28)16-7-9-17(23)10-8-16/h2-14H,1H3,(H,24,25,27). The number of rotatable bonds is 5. The smallest absolute Gasteiger partial charge is 0.225 e. The summed E-state index contributed by atoms with van der Waals surface area (Å²) in [5.74, 6) is 1.55. The molecule has 4 aromatic rings. The van der Waals surface area contributed by atoms with Crippen LogP contribution in [-0.2, 0) is 0 Å². The van der Waals surface area contributed by atoms with Gasteiger partial charge in [0.25, 0.3) is 0 Å². The van der Waals surface area contributed by atoms with Crippen molar-refractivity contribution in [1.29, 1.82) is 0 Å². The van der Waals surface area contributed by atoms with Gasteiger partial charge in [0, 0.05) is 18.0 Å². The monoisotopic (exact) mass is 437 g/mol. The van der Waals surface area contributed by atoms with Crippen molar-refractivity contribution in [3.63, 3.8) is 0 Å². The summed E-state index contributed by atoms with van der Waals surface area (Å²) in [6, 6.07) is 18.2. The summed E-state index contributed by atoms with van der Waals surface area (Å²) in [6.07, 6.45) is 3.52. The molecule has 2 aromatic heterocycles. The van der Waals surface area contributed by atoms with Gasteiger partial charge < -0.3 is 5.32 Å². The van der Waals surface area contributed by atoms with Crippen molar-refractivity contribution in [2.24, 2.45) is 0 Å². The zero-order valence-electron chi connectivity index (χ0n) is 15.1. The maximum atomic E-state index is 13.3. The zero-order valence-corrected chi connectivity index (χ0v) is 16.6. The fraction of sp³-hybridized carbons (Fsp3) is 0.0952. The summed E-state index contributed by atoms with van der Waals surface area (Å²) in [5.41, 5.74) is 1.94. The van der Waals surface area contributed by atoms with E-state index in [4.69, 9.17) is 0 Å². The largest absolute Gasteiger partial charge is 0.348 e. The molecule has 2 aromatic carbocycles. The van der Waals surface area contributed by atoms with Crippen LogP contribution in [0.15, 0.2) is 77.7 Å². The number of aromatic nitrogens is 4. The lowest BCUT2D eigenvalue weighted by atomic mass is 10.1. The minimum absolute atomic E-state index is 0.0579. The highest BCUT2D eigenvalue weighted by molar-refractivity contribution is 9.10. The van der Waals surface area contributed by atoms with Crippen LogP contribution in [0.1, 0.15) is 18.5 Å². The summed E-state index contributed by atoms with van der Waals surface area (Å²) in [5, 5.41) is 3.32. The Kier molecular flexibility index (Phi) is 5.16. The van der Waals surface area contributed by atoms with E-state index in [1.165, 1.54) is 12.1 Å². The Labute approximate surface area is 170 Å². The molecule has 0 amide bonds. The van der Waals surface area contributed by atoms with E-state index in [-0.39, 0.29) is 11.9 Å². The Morgan fingerprint density at radius 1 is 1.00 bits per heavy atom. The number of benzene rings is 2. The Bertz CT molecular complexity index is 1080. The number of imidazole rings is 1. The van der Waals surface area contributed by atoms with Crippen molar-refractivity contribution in [3.8, 4) is 17.2 Å². The zero-order chi connectivity index (χ0) is 19.5. The van der Waals surface area contributed by atoms with Gasteiger partial charge in [0.2, 0.25) is 5.95 Å². The molecule has 0 spiro atoms. The van der Waals surface area contributed by atoms with Gasteiger partial charge in [0.15, 0.2) is 0 Å². The average molecular weight is 438 g/mol. The van der Waals surface area contributed by atoms with Gasteiger partial charge in [-0.25, -0.2) is 14.4 Å². The van der Waals surface area contributed by atoms with Gasteiger partial charge in [-0.05, 0) is 58.7 Å². The van der Waals surface area contributed by atoms with Crippen molar-refractivity contribution < 1.29 is 4.39 Å². The molecule has 0 radical (unpaired) electrons. The molecule has 140 valence electrons.